The number of ketones is 2. The van der Waals surface area contributed by atoms with Crippen LogP contribution < -0.4 is 0 Å². The Morgan fingerprint density at radius 2 is 1.73 bits per heavy atom. The van der Waals surface area contributed by atoms with E-state index in [0.717, 1.165) is 18.4 Å². The van der Waals surface area contributed by atoms with E-state index in [2.05, 4.69) is 20.8 Å². The van der Waals surface area contributed by atoms with E-state index >= 15 is 0 Å². The van der Waals surface area contributed by atoms with Crippen LogP contribution in [0, 0.1) is 40.4 Å². The minimum absolute atomic E-state index is 0.00229. The molecule has 4 aliphatic rings. The van der Waals surface area contributed by atoms with Crippen molar-refractivity contribution in [3.8, 4) is 0 Å². The van der Waals surface area contributed by atoms with Gasteiger partial charge in [-0.15, -0.1) is 0 Å². The fraction of sp³-hybridized carbons (Fsp3) is 0.714. The van der Waals surface area contributed by atoms with E-state index in [1.165, 1.54) is 23.5 Å². The number of hydrogen-bond donors (Lipinski definition) is 1. The maximum absolute atomic E-state index is 13.8. The highest BCUT2D eigenvalue weighted by Crippen LogP contribution is 2.67. The van der Waals surface area contributed by atoms with Crippen LogP contribution in [0.25, 0.3) is 0 Å². The summed E-state index contributed by atoms with van der Waals surface area (Å²) in [6, 6.07) is 0. The third kappa shape index (κ3) is 5.08. The zero-order chi connectivity index (χ0) is 27.1. The van der Waals surface area contributed by atoms with Gasteiger partial charge in [0.15, 0.2) is 5.78 Å². The highest BCUT2D eigenvalue weighted by atomic mass is 32.2. The van der Waals surface area contributed by atoms with Crippen molar-refractivity contribution in [1.29, 1.82) is 0 Å². The van der Waals surface area contributed by atoms with Crippen LogP contribution in [-0.2, 0) is 28.7 Å². The van der Waals surface area contributed by atoms with Gasteiger partial charge in [-0.2, -0.15) is 23.5 Å². The Balaban J connectivity index is 1.62. The molecule has 7 nitrogen and oxygen atoms in total. The topological polar surface area (TPSA) is 107 Å². The molecule has 4 rings (SSSR count). The van der Waals surface area contributed by atoms with Crippen molar-refractivity contribution in [3.05, 3.63) is 23.8 Å². The summed E-state index contributed by atoms with van der Waals surface area (Å²) in [5.41, 5.74) is 0.178. The highest BCUT2D eigenvalue weighted by molar-refractivity contribution is 7.99. The smallest absolute Gasteiger partial charge is 0.319 e. The summed E-state index contributed by atoms with van der Waals surface area (Å²) in [5.74, 6) is -1.46. The van der Waals surface area contributed by atoms with Crippen LogP contribution in [0.3, 0.4) is 0 Å². The Morgan fingerprint density at radius 1 is 1.11 bits per heavy atom. The monoisotopic (exact) mass is 550 g/mol. The number of hydrogen-bond acceptors (Lipinski definition) is 9. The van der Waals surface area contributed by atoms with E-state index in [-0.39, 0.29) is 41.0 Å². The number of thioether (sulfide) groups is 2. The SMILES string of the molecule is CSCC(=O)OC(OC(=O)CSC)C(=O)[C@H]1CC[C@H]2[C@@H]3CC(C)C4=CC(=O)C=C[C@]4(C)[C@H]3C(O)C[C@]12C. The summed E-state index contributed by atoms with van der Waals surface area (Å²) in [6.07, 6.45) is 9.31. The van der Waals surface area contributed by atoms with Gasteiger partial charge in [0.1, 0.15) is 0 Å². The van der Waals surface area contributed by atoms with Crippen LogP contribution >= 0.6 is 23.5 Å². The zero-order valence-corrected chi connectivity index (χ0v) is 23.9. The summed E-state index contributed by atoms with van der Waals surface area (Å²) in [4.78, 5) is 50.5. The largest absolute Gasteiger partial charge is 0.417 e. The first kappa shape index (κ1) is 28.4. The molecule has 0 bridgehead atoms. The molecule has 0 heterocycles. The first-order valence-electron chi connectivity index (χ1n) is 13.0. The Kier molecular flexibility index (Phi) is 8.37. The predicted molar refractivity (Wildman–Crippen MR) is 144 cm³/mol. The van der Waals surface area contributed by atoms with Crippen molar-refractivity contribution in [1.82, 2.24) is 0 Å². The second-order valence-electron chi connectivity index (χ2n) is 11.5. The zero-order valence-electron chi connectivity index (χ0n) is 22.2. The van der Waals surface area contributed by atoms with Gasteiger partial charge in [-0.05, 0) is 73.5 Å². The maximum Gasteiger partial charge on any atom is 0.319 e. The lowest BCUT2D eigenvalue weighted by Crippen LogP contribution is -2.58. The maximum atomic E-state index is 13.8. The first-order chi connectivity index (χ1) is 17.5. The minimum atomic E-state index is -1.57. The fourth-order valence-corrected chi connectivity index (χ4v) is 8.67. The van der Waals surface area contributed by atoms with Crippen LogP contribution in [0.2, 0.25) is 0 Å². The van der Waals surface area contributed by atoms with Gasteiger partial charge in [0.05, 0.1) is 17.6 Å². The molecular weight excluding hydrogens is 512 g/mol. The van der Waals surface area contributed by atoms with Gasteiger partial charge >= 0.3 is 18.2 Å². The third-order valence-corrected chi connectivity index (χ3v) is 10.4. The van der Waals surface area contributed by atoms with Gasteiger partial charge in [-0.25, -0.2) is 0 Å². The number of allylic oxidation sites excluding steroid dienone is 4. The van der Waals surface area contributed by atoms with Crippen molar-refractivity contribution in [2.24, 2.45) is 40.4 Å². The number of esters is 2. The lowest BCUT2D eigenvalue weighted by atomic mass is 9.45. The summed E-state index contributed by atoms with van der Waals surface area (Å²) >= 11 is 2.54. The number of aliphatic hydroxyl groups is 1. The van der Waals surface area contributed by atoms with E-state index in [0.29, 0.717) is 12.8 Å². The number of Topliss-reactive ketones (excluding diaryl/α,β-unsaturated/α-hetero) is 1. The van der Waals surface area contributed by atoms with Crippen LogP contribution in [0.4, 0.5) is 0 Å². The Labute approximate surface area is 227 Å². The molecule has 0 aromatic rings. The Morgan fingerprint density at radius 3 is 2.32 bits per heavy atom. The highest BCUT2D eigenvalue weighted by Gasteiger charge is 2.64. The molecule has 0 amide bonds. The van der Waals surface area contributed by atoms with Gasteiger partial charge in [0.2, 0.25) is 5.78 Å². The average Bonchev–Trinajstić information content (AvgIpc) is 3.16. The second-order valence-corrected chi connectivity index (χ2v) is 13.3. The van der Waals surface area contributed by atoms with Crippen LogP contribution in [-0.4, -0.2) is 65.0 Å². The fourth-order valence-electron chi connectivity index (χ4n) is 8.06. The van der Waals surface area contributed by atoms with E-state index in [9.17, 15) is 24.3 Å². The molecule has 204 valence electrons. The molecule has 0 saturated heterocycles. The first-order valence-corrected chi connectivity index (χ1v) is 15.8. The summed E-state index contributed by atoms with van der Waals surface area (Å²) in [5, 5.41) is 11.6. The van der Waals surface area contributed by atoms with Crippen molar-refractivity contribution < 1.29 is 33.8 Å². The van der Waals surface area contributed by atoms with E-state index < -0.39 is 46.9 Å². The molecule has 8 atom stereocenters. The number of rotatable bonds is 8. The van der Waals surface area contributed by atoms with E-state index in [1.807, 2.05) is 6.08 Å². The number of carbonyl (C=O) groups is 4. The van der Waals surface area contributed by atoms with Crippen LogP contribution in [0.1, 0.15) is 46.5 Å². The molecule has 0 aromatic heterocycles. The molecule has 4 aliphatic carbocycles. The quantitative estimate of drug-likeness (QED) is 0.356. The summed E-state index contributed by atoms with van der Waals surface area (Å²) < 4.78 is 10.8. The third-order valence-electron chi connectivity index (χ3n) is 9.39. The van der Waals surface area contributed by atoms with Crippen LogP contribution in [0.5, 0.6) is 0 Å². The summed E-state index contributed by atoms with van der Waals surface area (Å²) in [7, 11) is 0. The van der Waals surface area contributed by atoms with Crippen LogP contribution in [0.15, 0.2) is 23.8 Å². The van der Waals surface area contributed by atoms with Gasteiger partial charge in [0.25, 0.3) is 0 Å². The lowest BCUT2D eigenvalue weighted by Gasteiger charge is -2.60. The van der Waals surface area contributed by atoms with E-state index in [1.54, 1.807) is 24.7 Å². The van der Waals surface area contributed by atoms with Gasteiger partial charge in [-0.3, -0.25) is 19.2 Å². The molecule has 3 fully saturated rings. The molecule has 0 spiro atoms. The molecule has 9 heteroatoms. The molecule has 1 N–H and O–H groups in total. The standard InChI is InChI=1S/C28H38O7S2/c1-15-10-17-18-6-7-19(25(33)26(34-22(31)13-36-4)35-23(32)14-37-5)28(18,3)12-21(30)24(17)27(2)9-8-16(29)11-20(15)27/h8-9,11,15,17-19,21,24,26,30H,6-7,10,12-14H2,1-5H3/t15?,17-,18-,19+,21?,24+,27-,28-/m0/s1. The molecule has 37 heavy (non-hydrogen) atoms. The van der Waals surface area contributed by atoms with Crippen molar-refractivity contribution in [2.75, 3.05) is 24.0 Å². The Hall–Kier alpha value is -1.58. The number of fused-ring (bicyclic) bond motifs is 5. The minimum Gasteiger partial charge on any atom is -0.417 e. The predicted octanol–water partition coefficient (Wildman–Crippen LogP) is 3.83. The van der Waals surface area contributed by atoms with E-state index in [4.69, 9.17) is 9.47 Å². The molecule has 0 aromatic carbocycles. The number of carbonyl (C=O) groups excluding carboxylic acids is 4. The van der Waals surface area contributed by atoms with Gasteiger partial charge in [-0.1, -0.05) is 32.4 Å². The van der Waals surface area contributed by atoms with Gasteiger partial charge in [0, 0.05) is 17.3 Å². The molecule has 0 radical (unpaired) electrons. The molecule has 0 aliphatic heterocycles. The normalized spacial score (nSPS) is 38.4. The lowest BCUT2D eigenvalue weighted by molar-refractivity contribution is -0.194. The number of ether oxygens (including phenoxy) is 2. The summed E-state index contributed by atoms with van der Waals surface area (Å²) in [6.45, 7) is 6.34. The van der Waals surface area contributed by atoms with Crippen molar-refractivity contribution >= 4 is 47.0 Å². The van der Waals surface area contributed by atoms with Crippen molar-refractivity contribution in [3.63, 3.8) is 0 Å². The van der Waals surface area contributed by atoms with Crippen molar-refractivity contribution in [2.45, 2.75) is 58.8 Å². The molecular formula is C28H38O7S2. The Bertz CT molecular complexity index is 1000. The molecule has 3 saturated carbocycles. The van der Waals surface area contributed by atoms with Gasteiger partial charge < -0.3 is 14.6 Å². The second kappa shape index (κ2) is 10.9. The molecule has 2 unspecified atom stereocenters. The number of aliphatic hydroxyl groups excluding tert-OH is 1. The average molecular weight is 551 g/mol.